The van der Waals surface area contributed by atoms with Crippen molar-refractivity contribution in [3.8, 4) is 5.75 Å². The van der Waals surface area contributed by atoms with Crippen LogP contribution in [-0.2, 0) is 17.9 Å². The third kappa shape index (κ3) is 6.31. The Balaban J connectivity index is 1.54. The molecule has 2 aromatic carbocycles. The molecule has 0 fully saturated rings. The van der Waals surface area contributed by atoms with E-state index in [4.69, 9.17) is 4.74 Å². The number of carbonyl (C=O) groups is 2. The van der Waals surface area contributed by atoms with Gasteiger partial charge in [0.25, 0.3) is 5.91 Å². The number of thioether (sulfide) groups is 1. The highest BCUT2D eigenvalue weighted by molar-refractivity contribution is 9.10. The van der Waals surface area contributed by atoms with Crippen LogP contribution in [-0.4, -0.2) is 39.4 Å². The minimum Gasteiger partial charge on any atom is -0.497 e. The summed E-state index contributed by atoms with van der Waals surface area (Å²) in [7, 11) is 1.59. The maximum Gasteiger partial charge on any atom is 0.251 e. The zero-order valence-corrected chi connectivity index (χ0v) is 19.5. The summed E-state index contributed by atoms with van der Waals surface area (Å²) in [5.41, 5.74) is 1.26. The molecule has 0 radical (unpaired) electrons. The molecule has 0 atom stereocenters. The lowest BCUT2D eigenvalue weighted by molar-refractivity contribution is -0.113. The van der Waals surface area contributed by atoms with E-state index < -0.39 is 0 Å². The molecule has 1 heterocycles. The summed E-state index contributed by atoms with van der Waals surface area (Å²) in [5.74, 6) is 1.21. The van der Waals surface area contributed by atoms with Crippen LogP contribution in [0.1, 0.15) is 23.1 Å². The predicted octanol–water partition coefficient (Wildman–Crippen LogP) is 3.73. The minimum atomic E-state index is -0.189. The number of amides is 2. The van der Waals surface area contributed by atoms with Gasteiger partial charge in [-0.05, 0) is 55.5 Å². The number of aromatic nitrogens is 3. The Labute approximate surface area is 192 Å². The zero-order valence-electron chi connectivity index (χ0n) is 17.1. The second-order valence-electron chi connectivity index (χ2n) is 6.40. The molecule has 31 heavy (non-hydrogen) atoms. The maximum atomic E-state index is 12.3. The molecule has 0 aliphatic carbocycles. The molecule has 3 rings (SSSR count). The summed E-state index contributed by atoms with van der Waals surface area (Å²) in [6, 6.07) is 14.2. The lowest BCUT2D eigenvalue weighted by Gasteiger charge is -2.09. The smallest absolute Gasteiger partial charge is 0.251 e. The van der Waals surface area contributed by atoms with Crippen LogP contribution in [0.4, 0.5) is 5.69 Å². The summed E-state index contributed by atoms with van der Waals surface area (Å²) in [5, 5.41) is 14.7. The normalized spacial score (nSPS) is 10.5. The van der Waals surface area contributed by atoms with Crippen molar-refractivity contribution in [3.05, 3.63) is 64.4 Å². The molecule has 0 bridgehead atoms. The van der Waals surface area contributed by atoms with Crippen molar-refractivity contribution in [2.24, 2.45) is 0 Å². The Kier molecular flexibility index (Phi) is 8.07. The van der Waals surface area contributed by atoms with E-state index in [1.54, 1.807) is 43.5 Å². The van der Waals surface area contributed by atoms with Gasteiger partial charge < -0.3 is 19.9 Å². The van der Waals surface area contributed by atoms with Gasteiger partial charge in [-0.1, -0.05) is 27.7 Å². The van der Waals surface area contributed by atoms with Gasteiger partial charge in [0.15, 0.2) is 11.0 Å². The van der Waals surface area contributed by atoms with Gasteiger partial charge in [-0.15, -0.1) is 10.2 Å². The van der Waals surface area contributed by atoms with Crippen molar-refractivity contribution < 1.29 is 14.3 Å². The Morgan fingerprint density at radius 3 is 2.45 bits per heavy atom. The molecule has 8 nitrogen and oxygen atoms in total. The third-order valence-electron chi connectivity index (χ3n) is 4.33. The van der Waals surface area contributed by atoms with Crippen molar-refractivity contribution >= 4 is 45.2 Å². The van der Waals surface area contributed by atoms with E-state index in [2.05, 4.69) is 36.8 Å². The lowest BCUT2D eigenvalue weighted by atomic mass is 10.2. The van der Waals surface area contributed by atoms with Gasteiger partial charge >= 0.3 is 0 Å². The fourth-order valence-corrected chi connectivity index (χ4v) is 3.82. The highest BCUT2D eigenvalue weighted by Gasteiger charge is 2.14. The number of benzene rings is 2. The number of halogens is 1. The largest absolute Gasteiger partial charge is 0.497 e. The van der Waals surface area contributed by atoms with E-state index in [1.165, 1.54) is 11.8 Å². The number of methoxy groups -OCH3 is 1. The summed E-state index contributed by atoms with van der Waals surface area (Å²) < 4.78 is 7.90. The first-order valence-electron chi connectivity index (χ1n) is 9.52. The van der Waals surface area contributed by atoms with Crippen LogP contribution in [0.25, 0.3) is 0 Å². The first-order chi connectivity index (χ1) is 15.0. The first-order valence-corrected chi connectivity index (χ1v) is 11.3. The fraction of sp³-hybridized carbons (Fsp3) is 0.238. The van der Waals surface area contributed by atoms with Crippen molar-refractivity contribution in [2.45, 2.75) is 25.2 Å². The van der Waals surface area contributed by atoms with Crippen molar-refractivity contribution in [1.29, 1.82) is 0 Å². The Morgan fingerprint density at radius 1 is 1.10 bits per heavy atom. The minimum absolute atomic E-state index is 0.147. The Morgan fingerprint density at radius 2 is 1.81 bits per heavy atom. The number of nitrogens with zero attached hydrogens (tertiary/aromatic N) is 3. The molecule has 2 amide bonds. The molecule has 0 saturated carbocycles. The van der Waals surface area contributed by atoms with E-state index in [0.717, 1.165) is 10.2 Å². The van der Waals surface area contributed by atoms with E-state index in [0.29, 0.717) is 28.8 Å². The third-order valence-corrected chi connectivity index (χ3v) is 5.82. The van der Waals surface area contributed by atoms with Gasteiger partial charge in [0.05, 0.1) is 19.4 Å². The van der Waals surface area contributed by atoms with Crippen molar-refractivity contribution in [3.63, 3.8) is 0 Å². The summed E-state index contributed by atoms with van der Waals surface area (Å²) in [6.07, 6.45) is 0. The number of carbonyl (C=O) groups excluding carboxylic acids is 2. The Bertz CT molecular complexity index is 1040. The van der Waals surface area contributed by atoms with Crippen LogP contribution < -0.4 is 15.4 Å². The standard InChI is InChI=1S/C21H22BrN5O3S/c1-3-27-18(12-23-20(29)14-4-6-15(22)7-5-14)25-26-21(27)31-13-19(28)24-16-8-10-17(30-2)11-9-16/h4-11H,3,12-13H2,1-2H3,(H,23,29)(H,24,28). The highest BCUT2D eigenvalue weighted by atomic mass is 79.9. The quantitative estimate of drug-likeness (QED) is 0.431. The SMILES string of the molecule is CCn1c(CNC(=O)c2ccc(Br)cc2)nnc1SCC(=O)Nc1ccc(OC)cc1. The van der Waals surface area contributed by atoms with Crippen molar-refractivity contribution in [2.75, 3.05) is 18.2 Å². The average molecular weight is 504 g/mol. The molecular formula is C21H22BrN5O3S. The molecule has 162 valence electrons. The van der Waals surface area contributed by atoms with Gasteiger partial charge in [-0.25, -0.2) is 0 Å². The number of ether oxygens (including phenoxy) is 1. The second-order valence-corrected chi connectivity index (χ2v) is 8.26. The van der Waals surface area contributed by atoms with E-state index >= 15 is 0 Å². The molecule has 3 aromatic rings. The Hall–Kier alpha value is -2.85. The summed E-state index contributed by atoms with van der Waals surface area (Å²) in [4.78, 5) is 24.6. The second kappa shape index (κ2) is 11.0. The molecule has 0 aliphatic heterocycles. The van der Waals surface area contributed by atoms with Crippen molar-refractivity contribution in [1.82, 2.24) is 20.1 Å². The van der Waals surface area contributed by atoms with Crippen LogP contribution in [0.3, 0.4) is 0 Å². The predicted molar refractivity (Wildman–Crippen MR) is 123 cm³/mol. The number of rotatable bonds is 9. The monoisotopic (exact) mass is 503 g/mol. The van der Waals surface area contributed by atoms with Gasteiger partial charge in [0.1, 0.15) is 5.75 Å². The summed E-state index contributed by atoms with van der Waals surface area (Å²) in [6.45, 7) is 2.83. The maximum absolute atomic E-state index is 12.3. The van der Waals surface area contributed by atoms with Crippen LogP contribution in [0.5, 0.6) is 5.75 Å². The molecule has 0 saturated heterocycles. The molecule has 1 aromatic heterocycles. The van der Waals surface area contributed by atoms with E-state index in [-0.39, 0.29) is 24.1 Å². The molecular weight excluding hydrogens is 482 g/mol. The van der Waals surface area contributed by atoms with E-state index in [1.807, 2.05) is 23.6 Å². The zero-order chi connectivity index (χ0) is 22.2. The highest BCUT2D eigenvalue weighted by Crippen LogP contribution is 2.19. The average Bonchev–Trinajstić information content (AvgIpc) is 3.18. The van der Waals surface area contributed by atoms with Crippen LogP contribution in [0.15, 0.2) is 58.2 Å². The number of nitrogens with one attached hydrogen (secondary N) is 2. The summed E-state index contributed by atoms with van der Waals surface area (Å²) >= 11 is 4.65. The number of hydrogen-bond acceptors (Lipinski definition) is 6. The van der Waals surface area contributed by atoms with E-state index in [9.17, 15) is 9.59 Å². The van der Waals surface area contributed by atoms with Gasteiger partial charge in [0.2, 0.25) is 5.91 Å². The van der Waals surface area contributed by atoms with Crippen LogP contribution in [0, 0.1) is 0 Å². The molecule has 0 spiro atoms. The van der Waals surface area contributed by atoms with Gasteiger partial charge in [0, 0.05) is 22.3 Å². The molecule has 2 N–H and O–H groups in total. The van der Waals surface area contributed by atoms with Gasteiger partial charge in [-0.2, -0.15) is 0 Å². The topological polar surface area (TPSA) is 98.1 Å². The number of anilines is 1. The molecule has 10 heteroatoms. The fourth-order valence-electron chi connectivity index (χ4n) is 2.74. The molecule has 0 unspecified atom stereocenters. The van der Waals surface area contributed by atoms with Crippen LogP contribution >= 0.6 is 27.7 Å². The molecule has 0 aliphatic rings. The number of hydrogen-bond donors (Lipinski definition) is 2. The first kappa shape index (κ1) is 22.8. The van der Waals surface area contributed by atoms with Gasteiger partial charge in [-0.3, -0.25) is 9.59 Å². The van der Waals surface area contributed by atoms with Crippen LogP contribution in [0.2, 0.25) is 0 Å². The lowest BCUT2D eigenvalue weighted by Crippen LogP contribution is -2.24.